The largest absolute Gasteiger partial charge is 0.429 e. The Kier molecular flexibility index (Phi) is 4.19. The Balaban J connectivity index is 2.17. The summed E-state index contributed by atoms with van der Waals surface area (Å²) in [4.78, 5) is 28.1. The van der Waals surface area contributed by atoms with Gasteiger partial charge in [0.2, 0.25) is 5.91 Å². The Hall–Kier alpha value is -2.15. The Morgan fingerprint density at radius 1 is 1.45 bits per heavy atom. The lowest BCUT2D eigenvalue weighted by atomic mass is 10.2. The van der Waals surface area contributed by atoms with E-state index in [0.717, 1.165) is 5.52 Å². The van der Waals surface area contributed by atoms with Gasteiger partial charge in [-0.1, -0.05) is 0 Å². The number of nitrogens with zero attached hydrogens (tertiary/aromatic N) is 1. The van der Waals surface area contributed by atoms with E-state index in [1.54, 1.807) is 25.2 Å². The summed E-state index contributed by atoms with van der Waals surface area (Å²) >= 11 is 4.89. The first-order chi connectivity index (χ1) is 9.51. The first-order valence-electron chi connectivity index (χ1n) is 6.16. The molecule has 0 aliphatic rings. The number of carbonyl (C=O) groups excluding carboxylic acids is 2. The van der Waals surface area contributed by atoms with Gasteiger partial charge in [-0.2, -0.15) is 0 Å². The molecule has 1 aromatic carbocycles. The molecule has 0 unspecified atom stereocenters. The number of H-pyrrole nitrogens is 1. The zero-order chi connectivity index (χ0) is 14.7. The van der Waals surface area contributed by atoms with Crippen LogP contribution in [0.25, 0.3) is 11.1 Å². The summed E-state index contributed by atoms with van der Waals surface area (Å²) in [6.07, 6.45) is 0. The molecule has 0 aliphatic heterocycles. The fourth-order valence-corrected chi connectivity index (χ4v) is 2.04. The highest BCUT2D eigenvalue weighted by atomic mass is 32.1. The summed E-state index contributed by atoms with van der Waals surface area (Å²) in [7, 11) is 1.58. The second kappa shape index (κ2) is 5.87. The molecule has 2 aromatic rings. The van der Waals surface area contributed by atoms with Crippen molar-refractivity contribution in [3.63, 3.8) is 0 Å². The molecule has 20 heavy (non-hydrogen) atoms. The van der Waals surface area contributed by atoms with Crippen LogP contribution in [0, 0.1) is 4.84 Å². The predicted octanol–water partition coefficient (Wildman–Crippen LogP) is 1.70. The predicted molar refractivity (Wildman–Crippen MR) is 77.0 cm³/mol. The number of aromatic amines is 1. The average molecular weight is 293 g/mol. The maximum Gasteiger partial charge on any atom is 0.266 e. The van der Waals surface area contributed by atoms with E-state index in [0.29, 0.717) is 17.7 Å². The lowest BCUT2D eigenvalue weighted by molar-refractivity contribution is -0.121. The van der Waals surface area contributed by atoms with E-state index in [1.165, 1.54) is 4.90 Å². The highest BCUT2D eigenvalue weighted by molar-refractivity contribution is 7.71. The van der Waals surface area contributed by atoms with Crippen LogP contribution in [0.2, 0.25) is 0 Å². The number of carbonyl (C=O) groups is 2. The van der Waals surface area contributed by atoms with Crippen molar-refractivity contribution < 1.29 is 14.0 Å². The molecule has 0 atom stereocenters. The summed E-state index contributed by atoms with van der Waals surface area (Å²) in [5, 5.41) is 2.65. The monoisotopic (exact) mass is 293 g/mol. The zero-order valence-electron chi connectivity index (χ0n) is 11.2. The number of nitrogens with one attached hydrogen (secondary N) is 2. The lowest BCUT2D eigenvalue weighted by Crippen LogP contribution is -2.38. The number of hydrogen-bond donors (Lipinski definition) is 2. The van der Waals surface area contributed by atoms with Crippen LogP contribution < -0.4 is 5.32 Å². The van der Waals surface area contributed by atoms with Gasteiger partial charge in [0.1, 0.15) is 0 Å². The van der Waals surface area contributed by atoms with Crippen molar-refractivity contribution in [3.05, 3.63) is 28.6 Å². The van der Waals surface area contributed by atoms with E-state index in [2.05, 4.69) is 10.3 Å². The Bertz CT molecular complexity index is 704. The van der Waals surface area contributed by atoms with E-state index < -0.39 is 0 Å². The van der Waals surface area contributed by atoms with Crippen LogP contribution in [0.15, 0.2) is 22.6 Å². The molecule has 1 aromatic heterocycles. The molecular formula is C13H15N3O3S. The minimum atomic E-state index is -0.250. The number of oxazole rings is 1. The van der Waals surface area contributed by atoms with Gasteiger partial charge >= 0.3 is 0 Å². The summed E-state index contributed by atoms with van der Waals surface area (Å²) in [6, 6.07) is 5.00. The van der Waals surface area contributed by atoms with Gasteiger partial charge in [0, 0.05) is 19.2 Å². The molecule has 1 heterocycles. The summed E-state index contributed by atoms with van der Waals surface area (Å²) in [6.45, 7) is 2.38. The molecule has 0 spiro atoms. The van der Waals surface area contributed by atoms with E-state index in [9.17, 15) is 9.59 Å². The molecule has 2 amide bonds. The van der Waals surface area contributed by atoms with Crippen LogP contribution in [0.4, 0.5) is 0 Å². The fourth-order valence-electron chi connectivity index (χ4n) is 1.84. The Morgan fingerprint density at radius 3 is 2.90 bits per heavy atom. The number of aromatic nitrogens is 1. The van der Waals surface area contributed by atoms with Gasteiger partial charge in [-0.15, -0.1) is 0 Å². The normalized spacial score (nSPS) is 10.5. The zero-order valence-corrected chi connectivity index (χ0v) is 12.0. The molecule has 2 rings (SSSR count). The van der Waals surface area contributed by atoms with Crippen LogP contribution in [-0.2, 0) is 4.79 Å². The standard InChI is InChI=1S/C13H15N3O3S/c1-3-14-11(17)7-16(2)12(18)8-4-5-9-10(6-8)19-13(20)15-9/h4-6H,3,7H2,1-2H3,(H,14,17)(H,15,20). The van der Waals surface area contributed by atoms with E-state index >= 15 is 0 Å². The van der Waals surface area contributed by atoms with E-state index in [1.807, 2.05) is 6.92 Å². The minimum absolute atomic E-state index is 0.0152. The summed E-state index contributed by atoms with van der Waals surface area (Å²) < 4.78 is 5.27. The topological polar surface area (TPSA) is 78.3 Å². The molecule has 0 saturated carbocycles. The maximum absolute atomic E-state index is 12.2. The SMILES string of the molecule is CCNC(=O)CN(C)C(=O)c1ccc2[nH]c(=S)oc2c1. The smallest absolute Gasteiger partial charge is 0.266 e. The highest BCUT2D eigenvalue weighted by Gasteiger charge is 2.15. The third kappa shape index (κ3) is 3.05. The second-order valence-electron chi connectivity index (χ2n) is 4.34. The third-order valence-corrected chi connectivity index (χ3v) is 2.95. The summed E-state index contributed by atoms with van der Waals surface area (Å²) in [5.74, 6) is -0.441. The van der Waals surface area contributed by atoms with Gasteiger partial charge in [-0.25, -0.2) is 0 Å². The maximum atomic E-state index is 12.2. The van der Waals surface area contributed by atoms with Gasteiger partial charge in [0.15, 0.2) is 5.58 Å². The highest BCUT2D eigenvalue weighted by Crippen LogP contribution is 2.16. The Morgan fingerprint density at radius 2 is 2.20 bits per heavy atom. The van der Waals surface area contributed by atoms with Crippen molar-refractivity contribution in [2.24, 2.45) is 0 Å². The number of rotatable bonds is 4. The molecular weight excluding hydrogens is 278 g/mol. The van der Waals surface area contributed by atoms with Gasteiger partial charge < -0.3 is 19.6 Å². The van der Waals surface area contributed by atoms with E-state index in [4.69, 9.17) is 16.6 Å². The number of amides is 2. The van der Waals surface area contributed by atoms with Crippen molar-refractivity contribution in [1.82, 2.24) is 15.2 Å². The molecule has 106 valence electrons. The molecule has 0 bridgehead atoms. The van der Waals surface area contributed by atoms with Crippen molar-refractivity contribution in [2.75, 3.05) is 20.1 Å². The molecule has 7 heteroatoms. The van der Waals surface area contributed by atoms with Crippen molar-refractivity contribution in [2.45, 2.75) is 6.92 Å². The lowest BCUT2D eigenvalue weighted by Gasteiger charge is -2.16. The Labute approximate surface area is 120 Å². The number of fused-ring (bicyclic) bond motifs is 1. The molecule has 0 aliphatic carbocycles. The van der Waals surface area contributed by atoms with Crippen LogP contribution in [0.1, 0.15) is 17.3 Å². The molecule has 0 radical (unpaired) electrons. The number of likely N-dealkylation sites (N-methyl/N-ethyl adjacent to an activating group) is 2. The third-order valence-electron chi connectivity index (χ3n) is 2.77. The van der Waals surface area contributed by atoms with Crippen LogP contribution in [-0.4, -0.2) is 41.8 Å². The quantitative estimate of drug-likeness (QED) is 0.841. The average Bonchev–Trinajstić information content (AvgIpc) is 2.76. The summed E-state index contributed by atoms with van der Waals surface area (Å²) in [5.41, 5.74) is 1.70. The van der Waals surface area contributed by atoms with Crippen LogP contribution >= 0.6 is 12.2 Å². The number of benzene rings is 1. The van der Waals surface area contributed by atoms with E-state index in [-0.39, 0.29) is 23.2 Å². The first-order valence-corrected chi connectivity index (χ1v) is 6.57. The molecule has 0 saturated heterocycles. The molecule has 0 fully saturated rings. The molecule has 2 N–H and O–H groups in total. The fraction of sp³-hybridized carbons (Fsp3) is 0.308. The number of hydrogen-bond acceptors (Lipinski definition) is 4. The minimum Gasteiger partial charge on any atom is -0.429 e. The second-order valence-corrected chi connectivity index (χ2v) is 4.71. The van der Waals surface area contributed by atoms with Gasteiger partial charge in [0.25, 0.3) is 10.7 Å². The van der Waals surface area contributed by atoms with Crippen LogP contribution in [0.5, 0.6) is 0 Å². The first kappa shape index (κ1) is 14.3. The van der Waals surface area contributed by atoms with Gasteiger partial charge in [0.05, 0.1) is 12.1 Å². The van der Waals surface area contributed by atoms with Gasteiger partial charge in [-0.3, -0.25) is 9.59 Å². The van der Waals surface area contributed by atoms with Crippen LogP contribution in [0.3, 0.4) is 0 Å². The van der Waals surface area contributed by atoms with Crippen molar-refractivity contribution in [3.8, 4) is 0 Å². The molecule has 6 nitrogen and oxygen atoms in total. The van der Waals surface area contributed by atoms with Crippen molar-refractivity contribution in [1.29, 1.82) is 0 Å². The van der Waals surface area contributed by atoms with Gasteiger partial charge in [-0.05, 0) is 37.3 Å². The van der Waals surface area contributed by atoms with Crippen molar-refractivity contribution >= 4 is 35.1 Å².